The summed E-state index contributed by atoms with van der Waals surface area (Å²) >= 11 is 1.40. The van der Waals surface area contributed by atoms with Gasteiger partial charge in [-0.1, -0.05) is 25.5 Å². The van der Waals surface area contributed by atoms with E-state index in [0.29, 0.717) is 10.8 Å². The van der Waals surface area contributed by atoms with Gasteiger partial charge in [-0.25, -0.2) is 14.0 Å². The Morgan fingerprint density at radius 1 is 1.29 bits per heavy atom. The lowest BCUT2D eigenvalue weighted by Crippen LogP contribution is -2.37. The van der Waals surface area contributed by atoms with Crippen molar-refractivity contribution in [1.82, 2.24) is 5.32 Å². The standard InChI is InChI=1S/C20H21FN2O4S/c1-2-12-7-8-16-13(9-12)10-17(28-16)19(25)27-11-18(24)23-20(26)22-15-6-4-3-5-14(15)21/h3-6,10,12H,2,7-9,11H2,1H3,(H2,22,23,24,26)/t12-/m1/s1. The molecule has 0 saturated heterocycles. The average Bonchev–Trinajstić information content (AvgIpc) is 3.11. The van der Waals surface area contributed by atoms with Crippen molar-refractivity contribution in [2.75, 3.05) is 11.9 Å². The number of para-hydroxylation sites is 1. The Balaban J connectivity index is 1.48. The van der Waals surface area contributed by atoms with Crippen molar-refractivity contribution < 1.29 is 23.5 Å². The third-order valence-electron chi connectivity index (χ3n) is 4.67. The number of aryl methyl sites for hydroxylation is 1. The summed E-state index contributed by atoms with van der Waals surface area (Å²) in [6, 6.07) is 6.51. The summed E-state index contributed by atoms with van der Waals surface area (Å²) in [7, 11) is 0. The highest BCUT2D eigenvalue weighted by molar-refractivity contribution is 7.14. The Morgan fingerprint density at radius 3 is 2.82 bits per heavy atom. The van der Waals surface area contributed by atoms with Crippen LogP contribution in [0.5, 0.6) is 0 Å². The molecule has 1 aromatic carbocycles. The van der Waals surface area contributed by atoms with Crippen molar-refractivity contribution in [2.45, 2.75) is 32.6 Å². The monoisotopic (exact) mass is 404 g/mol. The third-order valence-corrected chi connectivity index (χ3v) is 5.89. The van der Waals surface area contributed by atoms with Crippen molar-refractivity contribution >= 4 is 34.9 Å². The molecule has 0 spiro atoms. The van der Waals surface area contributed by atoms with Crippen molar-refractivity contribution in [3.63, 3.8) is 0 Å². The van der Waals surface area contributed by atoms with Gasteiger partial charge in [-0.05, 0) is 48.9 Å². The first-order chi connectivity index (χ1) is 13.5. The van der Waals surface area contributed by atoms with E-state index >= 15 is 0 Å². The highest BCUT2D eigenvalue weighted by atomic mass is 32.1. The van der Waals surface area contributed by atoms with Gasteiger partial charge >= 0.3 is 12.0 Å². The summed E-state index contributed by atoms with van der Waals surface area (Å²) in [5.74, 6) is -1.36. The van der Waals surface area contributed by atoms with Gasteiger partial charge in [0, 0.05) is 4.88 Å². The minimum Gasteiger partial charge on any atom is -0.451 e. The number of carbonyl (C=O) groups excluding carboxylic acids is 3. The van der Waals surface area contributed by atoms with E-state index in [-0.39, 0.29) is 5.69 Å². The van der Waals surface area contributed by atoms with Crippen LogP contribution < -0.4 is 10.6 Å². The Labute approximate surface area is 166 Å². The first-order valence-electron chi connectivity index (χ1n) is 9.10. The molecule has 0 unspecified atom stereocenters. The fraction of sp³-hybridized carbons (Fsp3) is 0.350. The smallest absolute Gasteiger partial charge is 0.348 e. The van der Waals surface area contributed by atoms with E-state index in [1.165, 1.54) is 40.0 Å². The van der Waals surface area contributed by atoms with E-state index < -0.39 is 30.3 Å². The molecule has 0 radical (unpaired) electrons. The van der Waals surface area contributed by atoms with Crippen molar-refractivity contribution in [3.05, 3.63) is 51.5 Å². The summed E-state index contributed by atoms with van der Waals surface area (Å²) in [6.07, 6.45) is 4.16. The van der Waals surface area contributed by atoms with Gasteiger partial charge in [-0.2, -0.15) is 0 Å². The van der Waals surface area contributed by atoms with E-state index in [1.807, 2.05) is 11.4 Å². The number of nitrogens with one attached hydrogen (secondary N) is 2. The topological polar surface area (TPSA) is 84.5 Å². The molecule has 0 saturated carbocycles. The van der Waals surface area contributed by atoms with Crippen LogP contribution in [0.4, 0.5) is 14.9 Å². The highest BCUT2D eigenvalue weighted by Gasteiger charge is 2.23. The van der Waals surface area contributed by atoms with E-state index in [1.54, 1.807) is 6.07 Å². The molecule has 1 aliphatic rings. The van der Waals surface area contributed by atoms with Crippen LogP contribution in [0.3, 0.4) is 0 Å². The number of fused-ring (bicyclic) bond motifs is 1. The van der Waals surface area contributed by atoms with Gasteiger partial charge in [0.05, 0.1) is 5.69 Å². The number of amides is 3. The Hall–Kier alpha value is -2.74. The Kier molecular flexibility index (Phi) is 6.41. The summed E-state index contributed by atoms with van der Waals surface area (Å²) in [6.45, 7) is 1.57. The molecule has 1 aromatic heterocycles. The summed E-state index contributed by atoms with van der Waals surface area (Å²) in [5.41, 5.74) is 1.13. The molecule has 1 aliphatic carbocycles. The van der Waals surface area contributed by atoms with E-state index in [2.05, 4.69) is 12.2 Å². The number of ether oxygens (including phenoxy) is 1. The van der Waals surface area contributed by atoms with Crippen molar-refractivity contribution in [2.24, 2.45) is 5.92 Å². The molecule has 3 amide bonds. The molecule has 1 heterocycles. The zero-order valence-electron chi connectivity index (χ0n) is 15.4. The summed E-state index contributed by atoms with van der Waals surface area (Å²) in [4.78, 5) is 37.4. The predicted octanol–water partition coefficient (Wildman–Crippen LogP) is 3.91. The van der Waals surface area contributed by atoms with E-state index in [4.69, 9.17) is 4.74 Å². The van der Waals surface area contributed by atoms with Crippen LogP contribution in [0.2, 0.25) is 0 Å². The molecule has 0 bridgehead atoms. The molecular formula is C20H21FN2O4S. The van der Waals surface area contributed by atoms with Crippen molar-refractivity contribution in [1.29, 1.82) is 0 Å². The molecule has 2 aromatic rings. The normalized spacial score (nSPS) is 15.4. The van der Waals surface area contributed by atoms with Crippen LogP contribution in [0.25, 0.3) is 0 Å². The maximum Gasteiger partial charge on any atom is 0.348 e. The van der Waals surface area contributed by atoms with Gasteiger partial charge in [-0.15, -0.1) is 11.3 Å². The predicted molar refractivity (Wildman–Crippen MR) is 104 cm³/mol. The number of thiophene rings is 1. The van der Waals surface area contributed by atoms with E-state index in [9.17, 15) is 18.8 Å². The number of benzene rings is 1. The fourth-order valence-corrected chi connectivity index (χ4v) is 4.23. The van der Waals surface area contributed by atoms with E-state index in [0.717, 1.165) is 25.7 Å². The average molecular weight is 404 g/mol. The SMILES string of the molecule is CC[C@@H]1CCc2sc(C(=O)OCC(=O)NC(=O)Nc3ccccc3F)cc2C1. The Morgan fingerprint density at radius 2 is 2.07 bits per heavy atom. The minimum absolute atomic E-state index is 0.0562. The van der Waals surface area contributed by atoms with Gasteiger partial charge in [0.15, 0.2) is 6.61 Å². The van der Waals surface area contributed by atoms with Crippen LogP contribution in [0, 0.1) is 11.7 Å². The van der Waals surface area contributed by atoms with Gasteiger partial charge in [-0.3, -0.25) is 10.1 Å². The van der Waals surface area contributed by atoms with Crippen LogP contribution in [-0.4, -0.2) is 24.5 Å². The van der Waals surface area contributed by atoms with Crippen LogP contribution >= 0.6 is 11.3 Å². The summed E-state index contributed by atoms with van der Waals surface area (Å²) in [5, 5.41) is 4.21. The first kappa shape index (κ1) is 20.0. The molecule has 148 valence electrons. The quantitative estimate of drug-likeness (QED) is 0.740. The number of carbonyl (C=O) groups is 3. The maximum atomic E-state index is 13.5. The van der Waals surface area contributed by atoms with Crippen LogP contribution in [-0.2, 0) is 22.4 Å². The van der Waals surface area contributed by atoms with Crippen LogP contribution in [0.1, 0.15) is 39.9 Å². The number of imide groups is 1. The molecular weight excluding hydrogens is 383 g/mol. The first-order valence-corrected chi connectivity index (χ1v) is 9.92. The van der Waals surface area contributed by atoms with Gasteiger partial charge in [0.25, 0.3) is 5.91 Å². The number of hydrogen-bond donors (Lipinski definition) is 2. The number of halogens is 1. The lowest BCUT2D eigenvalue weighted by Gasteiger charge is -2.19. The lowest BCUT2D eigenvalue weighted by atomic mass is 9.87. The largest absolute Gasteiger partial charge is 0.451 e. The van der Waals surface area contributed by atoms with Gasteiger partial charge < -0.3 is 10.1 Å². The van der Waals surface area contributed by atoms with Crippen molar-refractivity contribution in [3.8, 4) is 0 Å². The second kappa shape index (κ2) is 8.97. The maximum absolute atomic E-state index is 13.5. The lowest BCUT2D eigenvalue weighted by molar-refractivity contribution is -0.123. The number of anilines is 1. The molecule has 1 atom stereocenters. The molecule has 28 heavy (non-hydrogen) atoms. The molecule has 8 heteroatoms. The van der Waals surface area contributed by atoms with Gasteiger partial charge in [0.2, 0.25) is 0 Å². The molecule has 6 nitrogen and oxygen atoms in total. The second-order valence-electron chi connectivity index (χ2n) is 6.63. The zero-order valence-corrected chi connectivity index (χ0v) is 16.2. The molecule has 0 aliphatic heterocycles. The second-order valence-corrected chi connectivity index (χ2v) is 7.77. The summed E-state index contributed by atoms with van der Waals surface area (Å²) < 4.78 is 18.5. The number of hydrogen-bond acceptors (Lipinski definition) is 5. The number of rotatable bonds is 5. The zero-order chi connectivity index (χ0) is 20.1. The number of esters is 1. The molecule has 3 rings (SSSR count). The number of urea groups is 1. The third kappa shape index (κ3) is 4.95. The fourth-order valence-electron chi connectivity index (χ4n) is 3.13. The van der Waals surface area contributed by atoms with Gasteiger partial charge in [0.1, 0.15) is 10.7 Å². The molecule has 0 fully saturated rings. The minimum atomic E-state index is -0.900. The highest BCUT2D eigenvalue weighted by Crippen LogP contribution is 2.33. The Bertz CT molecular complexity index is 896. The molecule has 2 N–H and O–H groups in total. The van der Waals surface area contributed by atoms with Crippen LogP contribution in [0.15, 0.2) is 30.3 Å².